The zero-order valence-electron chi connectivity index (χ0n) is 16.1. The molecule has 1 aromatic carbocycles. The summed E-state index contributed by atoms with van der Waals surface area (Å²) in [6.45, 7) is 4.44. The summed E-state index contributed by atoms with van der Waals surface area (Å²) in [7, 11) is 0. The zero-order chi connectivity index (χ0) is 20.4. The van der Waals surface area contributed by atoms with E-state index in [0.717, 1.165) is 30.2 Å². The van der Waals surface area contributed by atoms with Crippen molar-refractivity contribution in [2.24, 2.45) is 5.92 Å². The van der Waals surface area contributed by atoms with Gasteiger partial charge >= 0.3 is 0 Å². The standard InChI is InChI=1S/C20H22ClN5O2S/c1-13-5-4-10-25(12-13)20-24-26-18(28)15(11-23-19(26)29-20)17(27)22-9-8-14-6-2-3-7-16(14)21/h2-3,6-7,11,13H,4-5,8-10,12H2,1H3,(H,22,27)/t13-/m0/s1. The van der Waals surface area contributed by atoms with Gasteiger partial charge in [-0.15, -0.1) is 5.10 Å². The van der Waals surface area contributed by atoms with Crippen LogP contribution in [0.2, 0.25) is 5.02 Å². The molecule has 0 saturated carbocycles. The first-order valence-corrected chi connectivity index (χ1v) is 10.9. The largest absolute Gasteiger partial charge is 0.351 e. The zero-order valence-corrected chi connectivity index (χ0v) is 17.7. The number of fused-ring (bicyclic) bond motifs is 1. The van der Waals surface area contributed by atoms with E-state index in [1.807, 2.05) is 24.3 Å². The first kappa shape index (κ1) is 19.8. The Labute approximate surface area is 177 Å². The van der Waals surface area contributed by atoms with E-state index in [4.69, 9.17) is 11.6 Å². The maximum Gasteiger partial charge on any atom is 0.288 e. The molecule has 1 aliphatic rings. The van der Waals surface area contributed by atoms with Gasteiger partial charge in [-0.25, -0.2) is 4.98 Å². The smallest absolute Gasteiger partial charge is 0.288 e. The van der Waals surface area contributed by atoms with Crippen molar-refractivity contribution in [2.75, 3.05) is 24.5 Å². The minimum atomic E-state index is -0.454. The molecule has 0 bridgehead atoms. The summed E-state index contributed by atoms with van der Waals surface area (Å²) >= 11 is 7.51. The Balaban J connectivity index is 1.49. The summed E-state index contributed by atoms with van der Waals surface area (Å²) in [5.74, 6) is 0.144. The Hall–Kier alpha value is -2.45. The summed E-state index contributed by atoms with van der Waals surface area (Å²) in [6.07, 6.45) is 4.23. The molecule has 2 aromatic heterocycles. The Morgan fingerprint density at radius 1 is 1.38 bits per heavy atom. The van der Waals surface area contributed by atoms with Crippen molar-refractivity contribution < 1.29 is 4.79 Å². The van der Waals surface area contributed by atoms with Crippen LogP contribution in [0.4, 0.5) is 5.13 Å². The fourth-order valence-corrected chi connectivity index (χ4v) is 4.66. The molecule has 152 valence electrons. The van der Waals surface area contributed by atoms with Crippen LogP contribution in [0.3, 0.4) is 0 Å². The van der Waals surface area contributed by atoms with Gasteiger partial charge in [-0.05, 0) is 36.8 Å². The van der Waals surface area contributed by atoms with Crippen molar-refractivity contribution in [2.45, 2.75) is 26.2 Å². The number of piperidine rings is 1. The molecule has 3 heterocycles. The van der Waals surface area contributed by atoms with Crippen LogP contribution in [0, 0.1) is 5.92 Å². The number of hydrogen-bond donors (Lipinski definition) is 1. The Morgan fingerprint density at radius 3 is 3.00 bits per heavy atom. The molecule has 1 N–H and O–H groups in total. The van der Waals surface area contributed by atoms with Crippen molar-refractivity contribution in [1.82, 2.24) is 19.9 Å². The van der Waals surface area contributed by atoms with Crippen LogP contribution in [-0.2, 0) is 6.42 Å². The summed E-state index contributed by atoms with van der Waals surface area (Å²) < 4.78 is 1.24. The highest BCUT2D eigenvalue weighted by molar-refractivity contribution is 7.20. The van der Waals surface area contributed by atoms with Crippen LogP contribution in [0.25, 0.3) is 4.96 Å². The summed E-state index contributed by atoms with van der Waals surface area (Å²) in [5, 5.41) is 8.65. The molecule has 0 unspecified atom stereocenters. The minimum absolute atomic E-state index is 0.00878. The van der Waals surface area contributed by atoms with Crippen LogP contribution in [0.5, 0.6) is 0 Å². The summed E-state index contributed by atoms with van der Waals surface area (Å²) in [4.78, 5) is 32.3. The van der Waals surface area contributed by atoms with Crippen LogP contribution >= 0.6 is 22.9 Å². The van der Waals surface area contributed by atoms with Crippen molar-refractivity contribution >= 4 is 38.9 Å². The van der Waals surface area contributed by atoms with Gasteiger partial charge in [-0.2, -0.15) is 4.52 Å². The van der Waals surface area contributed by atoms with Crippen molar-refractivity contribution in [3.63, 3.8) is 0 Å². The topological polar surface area (TPSA) is 79.6 Å². The normalized spacial score (nSPS) is 16.9. The molecule has 7 nitrogen and oxygen atoms in total. The quantitative estimate of drug-likeness (QED) is 0.671. The number of carbonyl (C=O) groups is 1. The molecule has 9 heteroatoms. The van der Waals surface area contributed by atoms with Crippen LogP contribution in [0.15, 0.2) is 35.3 Å². The number of amides is 1. The lowest BCUT2D eigenvalue weighted by molar-refractivity contribution is 0.0952. The van der Waals surface area contributed by atoms with E-state index < -0.39 is 11.5 Å². The predicted octanol–water partition coefficient (Wildman–Crippen LogP) is 3.01. The summed E-state index contributed by atoms with van der Waals surface area (Å²) in [5.41, 5.74) is 0.489. The van der Waals surface area contributed by atoms with Gasteiger partial charge in [-0.1, -0.05) is 48.1 Å². The van der Waals surface area contributed by atoms with E-state index in [2.05, 4.69) is 27.2 Å². The molecule has 4 rings (SSSR count). The highest BCUT2D eigenvalue weighted by atomic mass is 35.5. The number of hydrogen-bond acceptors (Lipinski definition) is 6. The summed E-state index contributed by atoms with van der Waals surface area (Å²) in [6, 6.07) is 7.48. The lowest BCUT2D eigenvalue weighted by Crippen LogP contribution is -2.35. The van der Waals surface area contributed by atoms with E-state index in [9.17, 15) is 9.59 Å². The van der Waals surface area contributed by atoms with Crippen LogP contribution in [0.1, 0.15) is 35.7 Å². The number of aromatic nitrogens is 3. The molecule has 1 saturated heterocycles. The second-order valence-electron chi connectivity index (χ2n) is 7.35. The van der Waals surface area contributed by atoms with Crippen molar-refractivity contribution in [1.29, 1.82) is 0 Å². The third-order valence-corrected chi connectivity index (χ3v) is 6.44. The number of rotatable bonds is 5. The molecule has 1 amide bonds. The molecule has 0 spiro atoms. The lowest BCUT2D eigenvalue weighted by Gasteiger charge is -2.30. The molecule has 1 fully saturated rings. The fraction of sp³-hybridized carbons (Fsp3) is 0.400. The number of carbonyl (C=O) groups excluding carboxylic acids is 1. The van der Waals surface area contributed by atoms with Crippen molar-refractivity contribution in [3.8, 4) is 0 Å². The Bertz CT molecular complexity index is 1100. The number of nitrogens with one attached hydrogen (secondary N) is 1. The lowest BCUT2D eigenvalue weighted by atomic mass is 10.0. The maximum atomic E-state index is 12.8. The molecule has 1 atom stereocenters. The van der Waals surface area contributed by atoms with Gasteiger partial charge in [0, 0.05) is 30.9 Å². The predicted molar refractivity (Wildman–Crippen MR) is 115 cm³/mol. The van der Waals surface area contributed by atoms with E-state index >= 15 is 0 Å². The average molecular weight is 432 g/mol. The third kappa shape index (κ3) is 4.28. The number of halogens is 1. The van der Waals surface area contributed by atoms with Gasteiger partial charge in [0.15, 0.2) is 0 Å². The van der Waals surface area contributed by atoms with Gasteiger partial charge in [0.1, 0.15) is 5.56 Å². The van der Waals surface area contributed by atoms with Crippen molar-refractivity contribution in [3.05, 3.63) is 57.0 Å². The number of nitrogens with zero attached hydrogens (tertiary/aromatic N) is 4. The van der Waals surface area contributed by atoms with Gasteiger partial charge in [0.25, 0.3) is 11.5 Å². The number of anilines is 1. The minimum Gasteiger partial charge on any atom is -0.351 e. The molecule has 29 heavy (non-hydrogen) atoms. The second-order valence-corrected chi connectivity index (χ2v) is 8.69. The Morgan fingerprint density at radius 2 is 2.21 bits per heavy atom. The molecule has 0 radical (unpaired) electrons. The first-order chi connectivity index (χ1) is 14.0. The highest BCUT2D eigenvalue weighted by Crippen LogP contribution is 2.26. The second kappa shape index (κ2) is 8.51. The van der Waals surface area contributed by atoms with E-state index in [1.54, 1.807) is 0 Å². The van der Waals surface area contributed by atoms with E-state index in [0.29, 0.717) is 28.9 Å². The fourth-order valence-electron chi connectivity index (χ4n) is 3.53. The molecule has 3 aromatic rings. The van der Waals surface area contributed by atoms with Gasteiger partial charge < -0.3 is 10.2 Å². The van der Waals surface area contributed by atoms with Crippen LogP contribution in [-0.4, -0.2) is 40.1 Å². The molecule has 0 aliphatic carbocycles. The van der Waals surface area contributed by atoms with E-state index in [1.165, 1.54) is 28.5 Å². The first-order valence-electron chi connectivity index (χ1n) is 9.68. The molecular formula is C20H22ClN5O2S. The highest BCUT2D eigenvalue weighted by Gasteiger charge is 2.22. The molecule has 1 aliphatic heterocycles. The van der Waals surface area contributed by atoms with Crippen LogP contribution < -0.4 is 15.8 Å². The SMILES string of the molecule is C[C@H]1CCCN(c2nn3c(=O)c(C(=O)NCCc4ccccc4Cl)cnc3s2)C1. The maximum absolute atomic E-state index is 12.8. The monoisotopic (exact) mass is 431 g/mol. The van der Waals surface area contributed by atoms with Gasteiger partial charge in [0.2, 0.25) is 10.1 Å². The average Bonchev–Trinajstić information content (AvgIpc) is 3.15. The van der Waals surface area contributed by atoms with E-state index in [-0.39, 0.29) is 5.56 Å². The number of benzene rings is 1. The van der Waals surface area contributed by atoms with Gasteiger partial charge in [-0.3, -0.25) is 9.59 Å². The third-order valence-electron chi connectivity index (χ3n) is 5.09. The Kier molecular flexibility index (Phi) is 5.82. The molecular weight excluding hydrogens is 410 g/mol. The van der Waals surface area contributed by atoms with Gasteiger partial charge in [0.05, 0.1) is 0 Å².